The van der Waals surface area contributed by atoms with E-state index in [-0.39, 0.29) is 30.2 Å². The maximum Gasteiger partial charge on any atom is 0.335 e. The van der Waals surface area contributed by atoms with Crippen LogP contribution in [-0.2, 0) is 0 Å². The molecule has 2 amide bonds. The van der Waals surface area contributed by atoms with Gasteiger partial charge in [-0.2, -0.15) is 0 Å². The van der Waals surface area contributed by atoms with Crippen molar-refractivity contribution in [3.05, 3.63) is 29.8 Å². The van der Waals surface area contributed by atoms with E-state index in [0.717, 1.165) is 12.8 Å². The van der Waals surface area contributed by atoms with Crippen LogP contribution in [0.5, 0.6) is 0 Å². The highest BCUT2D eigenvalue weighted by Gasteiger charge is 2.37. The molecule has 114 valence electrons. The number of carbonyl (C=O) groups is 2. The minimum Gasteiger partial charge on any atom is -0.478 e. The van der Waals surface area contributed by atoms with Gasteiger partial charge in [-0.25, -0.2) is 9.59 Å². The molecular weight excluding hydrogens is 272 g/mol. The Morgan fingerprint density at radius 1 is 1.29 bits per heavy atom. The van der Waals surface area contributed by atoms with E-state index in [9.17, 15) is 9.59 Å². The average Bonchev–Trinajstić information content (AvgIpc) is 3.21. The van der Waals surface area contributed by atoms with Crippen LogP contribution in [0.1, 0.15) is 30.1 Å². The third kappa shape index (κ3) is 3.95. The minimum absolute atomic E-state index is 0.161. The van der Waals surface area contributed by atoms with Gasteiger partial charge in [0, 0.05) is 12.2 Å². The molecule has 1 fully saturated rings. The summed E-state index contributed by atoms with van der Waals surface area (Å²) in [6.07, 6.45) is 2.22. The van der Waals surface area contributed by atoms with Gasteiger partial charge in [-0.15, -0.1) is 0 Å². The molecule has 0 radical (unpaired) electrons. The number of hydrogen-bond donors (Lipinski definition) is 3. The van der Waals surface area contributed by atoms with Crippen LogP contribution in [0.3, 0.4) is 0 Å². The van der Waals surface area contributed by atoms with Crippen molar-refractivity contribution in [2.75, 3.05) is 24.6 Å². The molecule has 21 heavy (non-hydrogen) atoms. The quantitative estimate of drug-likeness (QED) is 0.744. The molecule has 0 saturated heterocycles. The molecule has 1 saturated carbocycles. The summed E-state index contributed by atoms with van der Waals surface area (Å²) in [4.78, 5) is 24.5. The lowest BCUT2D eigenvalue weighted by atomic mass is 10.1. The zero-order chi connectivity index (χ0) is 15.5. The topological polar surface area (TPSA) is 89.9 Å². The highest BCUT2D eigenvalue weighted by molar-refractivity contribution is 5.93. The minimum atomic E-state index is -1.01. The standard InChI is InChI=1S/C15H20N2O4/c1-15(6-7-15)10-16-14(21)17(8-9-18)12-4-2-11(3-5-12)13(19)20/h2-5,18H,6-10H2,1H3,(H,16,21)(H,19,20). The molecule has 6 heteroatoms. The Hall–Kier alpha value is -2.08. The van der Waals surface area contributed by atoms with Crippen LogP contribution in [0.25, 0.3) is 0 Å². The first kappa shape index (κ1) is 15.3. The summed E-state index contributed by atoms with van der Waals surface area (Å²) in [6, 6.07) is 5.74. The van der Waals surface area contributed by atoms with Crippen molar-refractivity contribution in [2.45, 2.75) is 19.8 Å². The summed E-state index contributed by atoms with van der Waals surface area (Å²) < 4.78 is 0. The van der Waals surface area contributed by atoms with Gasteiger partial charge in [0.05, 0.1) is 18.7 Å². The lowest BCUT2D eigenvalue weighted by molar-refractivity contribution is 0.0697. The van der Waals surface area contributed by atoms with E-state index in [2.05, 4.69) is 12.2 Å². The number of hydrogen-bond acceptors (Lipinski definition) is 3. The summed E-state index contributed by atoms with van der Waals surface area (Å²) in [5.41, 5.74) is 0.925. The van der Waals surface area contributed by atoms with E-state index >= 15 is 0 Å². The van der Waals surface area contributed by atoms with Crippen molar-refractivity contribution in [2.24, 2.45) is 5.41 Å². The number of rotatable bonds is 6. The summed E-state index contributed by atoms with van der Waals surface area (Å²) >= 11 is 0. The predicted octanol–water partition coefficient (Wildman–Crippen LogP) is 1.69. The summed E-state index contributed by atoms with van der Waals surface area (Å²) in [5.74, 6) is -1.01. The molecule has 6 nitrogen and oxygen atoms in total. The number of aromatic carboxylic acids is 1. The Balaban J connectivity index is 2.05. The van der Waals surface area contributed by atoms with Crippen LogP contribution in [0.15, 0.2) is 24.3 Å². The van der Waals surface area contributed by atoms with Crippen molar-refractivity contribution < 1.29 is 19.8 Å². The fraction of sp³-hybridized carbons (Fsp3) is 0.467. The van der Waals surface area contributed by atoms with Crippen LogP contribution >= 0.6 is 0 Å². The number of carbonyl (C=O) groups excluding carboxylic acids is 1. The second-order valence-corrected chi connectivity index (χ2v) is 5.70. The number of carboxylic acid groups (broad SMARTS) is 1. The largest absolute Gasteiger partial charge is 0.478 e. The normalized spacial score (nSPS) is 15.3. The Bertz CT molecular complexity index is 523. The Labute approximate surface area is 123 Å². The molecule has 0 atom stereocenters. The maximum atomic E-state index is 12.2. The van der Waals surface area contributed by atoms with Gasteiger partial charge >= 0.3 is 12.0 Å². The van der Waals surface area contributed by atoms with Gasteiger partial charge in [0.15, 0.2) is 0 Å². The van der Waals surface area contributed by atoms with E-state index in [1.165, 1.54) is 17.0 Å². The number of anilines is 1. The number of nitrogens with one attached hydrogen (secondary N) is 1. The van der Waals surface area contributed by atoms with Crippen LogP contribution in [0.4, 0.5) is 10.5 Å². The second kappa shape index (κ2) is 6.13. The monoisotopic (exact) mass is 292 g/mol. The first-order chi connectivity index (χ1) is 9.95. The van der Waals surface area contributed by atoms with Gasteiger partial charge in [0.2, 0.25) is 0 Å². The number of amides is 2. The zero-order valence-electron chi connectivity index (χ0n) is 12.0. The molecule has 1 aromatic rings. The van der Waals surface area contributed by atoms with Gasteiger partial charge in [-0.05, 0) is 42.5 Å². The fourth-order valence-electron chi connectivity index (χ4n) is 2.01. The van der Waals surface area contributed by atoms with E-state index in [4.69, 9.17) is 10.2 Å². The van der Waals surface area contributed by atoms with Crippen molar-refractivity contribution in [3.63, 3.8) is 0 Å². The van der Waals surface area contributed by atoms with Gasteiger partial charge in [-0.3, -0.25) is 4.90 Å². The van der Waals surface area contributed by atoms with Gasteiger partial charge < -0.3 is 15.5 Å². The van der Waals surface area contributed by atoms with Crippen molar-refractivity contribution >= 4 is 17.7 Å². The number of aliphatic hydroxyl groups is 1. The smallest absolute Gasteiger partial charge is 0.335 e. The van der Waals surface area contributed by atoms with Gasteiger partial charge in [0.25, 0.3) is 0 Å². The highest BCUT2D eigenvalue weighted by Crippen LogP contribution is 2.44. The Kier molecular flexibility index (Phi) is 4.47. The highest BCUT2D eigenvalue weighted by atomic mass is 16.4. The van der Waals surface area contributed by atoms with Crippen molar-refractivity contribution in [1.82, 2.24) is 5.32 Å². The van der Waals surface area contributed by atoms with E-state index < -0.39 is 5.97 Å². The predicted molar refractivity (Wildman–Crippen MR) is 78.6 cm³/mol. The first-order valence-corrected chi connectivity index (χ1v) is 6.95. The molecule has 0 heterocycles. The van der Waals surface area contributed by atoms with Crippen LogP contribution in [-0.4, -0.2) is 41.9 Å². The number of urea groups is 1. The average molecular weight is 292 g/mol. The molecule has 3 N–H and O–H groups in total. The molecule has 0 aliphatic heterocycles. The van der Waals surface area contributed by atoms with Crippen LogP contribution in [0.2, 0.25) is 0 Å². The third-order valence-corrected chi connectivity index (χ3v) is 3.76. The molecular formula is C15H20N2O4. The van der Waals surface area contributed by atoms with E-state index in [1.54, 1.807) is 12.1 Å². The van der Waals surface area contributed by atoms with E-state index in [1.807, 2.05) is 0 Å². The number of carboxylic acids is 1. The second-order valence-electron chi connectivity index (χ2n) is 5.70. The Morgan fingerprint density at radius 2 is 1.90 bits per heavy atom. The molecule has 0 spiro atoms. The molecule has 0 aromatic heterocycles. The summed E-state index contributed by atoms with van der Waals surface area (Å²) in [5, 5.41) is 20.9. The molecule has 0 unspecified atom stereocenters. The number of benzene rings is 1. The number of aliphatic hydroxyl groups excluding tert-OH is 1. The molecule has 1 aliphatic carbocycles. The summed E-state index contributed by atoms with van der Waals surface area (Å²) in [6.45, 7) is 2.73. The SMILES string of the molecule is CC1(CNC(=O)N(CCO)c2ccc(C(=O)O)cc2)CC1. The fourth-order valence-corrected chi connectivity index (χ4v) is 2.01. The maximum absolute atomic E-state index is 12.2. The molecule has 1 aliphatic rings. The Morgan fingerprint density at radius 3 is 2.38 bits per heavy atom. The number of nitrogens with zero attached hydrogens (tertiary/aromatic N) is 1. The van der Waals surface area contributed by atoms with Gasteiger partial charge in [-0.1, -0.05) is 6.92 Å². The van der Waals surface area contributed by atoms with Crippen LogP contribution in [0, 0.1) is 5.41 Å². The lowest BCUT2D eigenvalue weighted by Gasteiger charge is -2.23. The molecule has 2 rings (SSSR count). The third-order valence-electron chi connectivity index (χ3n) is 3.76. The lowest BCUT2D eigenvalue weighted by Crippen LogP contribution is -2.43. The van der Waals surface area contributed by atoms with Crippen LogP contribution < -0.4 is 10.2 Å². The summed E-state index contributed by atoms with van der Waals surface area (Å²) in [7, 11) is 0. The molecule has 0 bridgehead atoms. The zero-order valence-corrected chi connectivity index (χ0v) is 12.0. The van der Waals surface area contributed by atoms with Crippen molar-refractivity contribution in [3.8, 4) is 0 Å². The first-order valence-electron chi connectivity index (χ1n) is 6.95. The molecule has 1 aromatic carbocycles. The van der Waals surface area contributed by atoms with E-state index in [0.29, 0.717) is 12.2 Å². The van der Waals surface area contributed by atoms with Gasteiger partial charge in [0.1, 0.15) is 0 Å². The van der Waals surface area contributed by atoms with Crippen molar-refractivity contribution in [1.29, 1.82) is 0 Å².